The number of aromatic amines is 1. The molecule has 3 aromatic rings. The largest absolute Gasteiger partial charge is 0.481 e. The molecule has 2 saturated heterocycles. The van der Waals surface area contributed by atoms with Gasteiger partial charge in [0, 0.05) is 18.0 Å². The molecule has 3 aliphatic rings. The Morgan fingerprint density at radius 3 is 2.40 bits per heavy atom. The number of carboxylic acids is 1. The van der Waals surface area contributed by atoms with Crippen molar-refractivity contribution in [3.63, 3.8) is 0 Å². The Balaban J connectivity index is 1.10. The number of rotatable bonds is 5. The highest BCUT2D eigenvalue weighted by molar-refractivity contribution is 5.93. The van der Waals surface area contributed by atoms with E-state index in [1.165, 1.54) is 0 Å². The summed E-state index contributed by atoms with van der Waals surface area (Å²) in [7, 11) is 0. The van der Waals surface area contributed by atoms with E-state index < -0.39 is 23.9 Å². The van der Waals surface area contributed by atoms with Gasteiger partial charge in [-0.2, -0.15) is 4.98 Å². The summed E-state index contributed by atoms with van der Waals surface area (Å²) in [5.41, 5.74) is 4.48. The maximum absolute atomic E-state index is 13.0. The van der Waals surface area contributed by atoms with Crippen molar-refractivity contribution in [1.82, 2.24) is 20.1 Å². The number of carbonyl (C=O) groups is 3. The molecule has 6 rings (SSSR count). The van der Waals surface area contributed by atoms with Crippen LogP contribution in [0.15, 0.2) is 48.5 Å². The number of anilines is 1. The van der Waals surface area contributed by atoms with Crippen LogP contribution in [0.25, 0.3) is 11.1 Å². The van der Waals surface area contributed by atoms with E-state index in [1.807, 2.05) is 36.4 Å². The number of H-pyrrole nitrogens is 1. The average Bonchev–Trinajstić information content (AvgIpc) is 3.64. The summed E-state index contributed by atoms with van der Waals surface area (Å²) in [6, 6.07) is 15.7. The van der Waals surface area contributed by atoms with E-state index in [9.17, 15) is 19.5 Å². The van der Waals surface area contributed by atoms with Crippen LogP contribution in [0.5, 0.6) is 0 Å². The van der Waals surface area contributed by atoms with Crippen molar-refractivity contribution in [2.24, 2.45) is 5.92 Å². The first-order valence-electron chi connectivity index (χ1n) is 11.6. The molecule has 0 saturated carbocycles. The first-order valence-corrected chi connectivity index (χ1v) is 11.6. The fraction of sp³-hybridized carbons (Fsp3) is 0.320. The Kier molecular flexibility index (Phi) is 5.01. The average molecular weight is 473 g/mol. The van der Waals surface area contributed by atoms with Crippen LogP contribution in [0.3, 0.4) is 0 Å². The molecule has 1 aromatic heterocycles. The Hall–Kier alpha value is -4.21. The molecule has 2 fully saturated rings. The molecule has 0 unspecified atom stereocenters. The van der Waals surface area contributed by atoms with Crippen molar-refractivity contribution in [2.45, 2.75) is 37.3 Å². The lowest BCUT2D eigenvalue weighted by Gasteiger charge is -2.21. The first kappa shape index (κ1) is 21.3. The van der Waals surface area contributed by atoms with Gasteiger partial charge >= 0.3 is 12.1 Å². The summed E-state index contributed by atoms with van der Waals surface area (Å²) in [6.07, 6.45) is 1.16. The number of fused-ring (bicyclic) bond motifs is 5. The predicted molar refractivity (Wildman–Crippen MR) is 124 cm³/mol. The van der Waals surface area contributed by atoms with Gasteiger partial charge in [0.25, 0.3) is 11.9 Å². The van der Waals surface area contributed by atoms with Gasteiger partial charge in [0.2, 0.25) is 5.82 Å². The topological polar surface area (TPSA) is 138 Å². The van der Waals surface area contributed by atoms with Crippen LogP contribution in [-0.2, 0) is 9.53 Å². The van der Waals surface area contributed by atoms with Gasteiger partial charge in [-0.3, -0.25) is 20.0 Å². The van der Waals surface area contributed by atoms with E-state index in [0.717, 1.165) is 28.7 Å². The van der Waals surface area contributed by atoms with E-state index in [4.69, 9.17) is 4.74 Å². The first-order chi connectivity index (χ1) is 17.0. The van der Waals surface area contributed by atoms with Gasteiger partial charge in [-0.05, 0) is 41.5 Å². The zero-order valence-electron chi connectivity index (χ0n) is 18.7. The van der Waals surface area contributed by atoms with Gasteiger partial charge in [0.05, 0.1) is 5.92 Å². The maximum atomic E-state index is 13.0. The quantitative estimate of drug-likeness (QED) is 0.517. The molecule has 3 heterocycles. The van der Waals surface area contributed by atoms with E-state index in [1.54, 1.807) is 4.90 Å². The van der Waals surface area contributed by atoms with Crippen molar-refractivity contribution >= 4 is 23.9 Å². The lowest BCUT2D eigenvalue weighted by Crippen LogP contribution is -2.38. The number of aliphatic carboxylic acids is 1. The minimum absolute atomic E-state index is 0.0399. The molecule has 2 bridgehead atoms. The third-order valence-corrected chi connectivity index (χ3v) is 7.33. The third kappa shape index (κ3) is 3.52. The van der Waals surface area contributed by atoms with Crippen molar-refractivity contribution in [2.75, 3.05) is 11.9 Å². The molecule has 2 aliphatic heterocycles. The Bertz CT molecular complexity index is 1290. The standard InChI is InChI=1S/C25H23N5O5/c31-22(30-13-9-10-20(30)18(11-13)23(32)33)21-26-24(29-28-21)27-25(34)35-12-19-16-7-3-1-5-14(16)15-6-2-4-8-17(15)19/h1-8,13,18-20H,9-12H2,(H,32,33)(H2,26,27,28,29,34)/t13-,18+,20+/m0/s1. The van der Waals surface area contributed by atoms with Crippen molar-refractivity contribution < 1.29 is 24.2 Å². The van der Waals surface area contributed by atoms with Crippen molar-refractivity contribution in [1.29, 1.82) is 0 Å². The fourth-order valence-corrected chi connectivity index (χ4v) is 5.83. The monoisotopic (exact) mass is 473 g/mol. The minimum Gasteiger partial charge on any atom is -0.481 e. The number of ether oxygens (including phenoxy) is 1. The summed E-state index contributed by atoms with van der Waals surface area (Å²) in [6.45, 7) is 0.143. The van der Waals surface area contributed by atoms with Gasteiger partial charge in [0.15, 0.2) is 0 Å². The minimum atomic E-state index is -0.884. The summed E-state index contributed by atoms with van der Waals surface area (Å²) >= 11 is 0. The Morgan fingerprint density at radius 1 is 1.06 bits per heavy atom. The number of carboxylic acid groups (broad SMARTS) is 1. The molecule has 0 spiro atoms. The Labute approximate surface area is 200 Å². The van der Waals surface area contributed by atoms with Crippen LogP contribution in [0, 0.1) is 5.92 Å². The Morgan fingerprint density at radius 2 is 1.74 bits per heavy atom. The normalized spacial score (nSPS) is 22.1. The molecule has 2 aromatic carbocycles. The SMILES string of the molecule is O=C(Nc1n[nH]c(C(=O)N2[C@H]3CC[C@@H]2[C@H](C(=O)O)C3)n1)OCC1c2ccccc2-c2ccccc21. The second kappa shape index (κ2) is 8.23. The zero-order valence-corrected chi connectivity index (χ0v) is 18.7. The van der Waals surface area contributed by atoms with E-state index >= 15 is 0 Å². The fourth-order valence-electron chi connectivity index (χ4n) is 5.83. The summed E-state index contributed by atoms with van der Waals surface area (Å²) < 4.78 is 5.49. The van der Waals surface area contributed by atoms with Crippen LogP contribution in [0.1, 0.15) is 46.9 Å². The number of amides is 2. The number of hydrogen-bond acceptors (Lipinski definition) is 6. The molecule has 178 valence electrons. The number of carbonyl (C=O) groups excluding carboxylic acids is 2. The number of aromatic nitrogens is 3. The zero-order chi connectivity index (χ0) is 24.1. The van der Waals surface area contributed by atoms with Crippen LogP contribution in [0.4, 0.5) is 10.7 Å². The molecule has 10 heteroatoms. The molecular weight excluding hydrogens is 450 g/mol. The van der Waals surface area contributed by atoms with Crippen LogP contribution < -0.4 is 5.32 Å². The molecule has 10 nitrogen and oxygen atoms in total. The highest BCUT2D eigenvalue weighted by Crippen LogP contribution is 2.45. The predicted octanol–water partition coefficient (Wildman–Crippen LogP) is 3.24. The van der Waals surface area contributed by atoms with Crippen molar-refractivity contribution in [3.8, 4) is 11.1 Å². The van der Waals surface area contributed by atoms with Crippen LogP contribution in [0.2, 0.25) is 0 Å². The van der Waals surface area contributed by atoms with Gasteiger partial charge in [-0.25, -0.2) is 4.79 Å². The molecular formula is C25H23N5O5. The van der Waals surface area contributed by atoms with Crippen molar-refractivity contribution in [3.05, 3.63) is 65.5 Å². The number of nitrogens with one attached hydrogen (secondary N) is 2. The van der Waals surface area contributed by atoms with Crippen LogP contribution in [-0.4, -0.2) is 61.8 Å². The maximum Gasteiger partial charge on any atom is 0.414 e. The highest BCUT2D eigenvalue weighted by atomic mass is 16.5. The second-order valence-electron chi connectivity index (χ2n) is 9.15. The molecule has 3 N–H and O–H groups in total. The third-order valence-electron chi connectivity index (χ3n) is 7.33. The molecule has 0 radical (unpaired) electrons. The highest BCUT2D eigenvalue weighted by Gasteiger charge is 2.52. The summed E-state index contributed by atoms with van der Waals surface area (Å²) in [4.78, 5) is 42.6. The molecule has 35 heavy (non-hydrogen) atoms. The number of benzene rings is 2. The van der Waals surface area contributed by atoms with E-state index in [-0.39, 0.29) is 36.4 Å². The van der Waals surface area contributed by atoms with E-state index in [2.05, 4.69) is 32.6 Å². The van der Waals surface area contributed by atoms with Crippen LogP contribution >= 0.6 is 0 Å². The molecule has 2 amide bonds. The summed E-state index contributed by atoms with van der Waals surface area (Å²) in [5, 5.41) is 18.3. The lowest BCUT2D eigenvalue weighted by atomic mass is 9.89. The van der Waals surface area contributed by atoms with E-state index in [0.29, 0.717) is 12.8 Å². The van der Waals surface area contributed by atoms with Gasteiger partial charge in [0.1, 0.15) is 6.61 Å². The molecule has 3 atom stereocenters. The van der Waals surface area contributed by atoms with Gasteiger partial charge in [-0.1, -0.05) is 48.5 Å². The lowest BCUT2D eigenvalue weighted by molar-refractivity contribution is -0.142. The molecule has 1 aliphatic carbocycles. The number of hydrogen-bond donors (Lipinski definition) is 3. The van der Waals surface area contributed by atoms with Gasteiger partial charge in [-0.15, -0.1) is 5.10 Å². The number of nitrogens with zero attached hydrogens (tertiary/aromatic N) is 3. The summed E-state index contributed by atoms with van der Waals surface area (Å²) in [5.74, 6) is -2.04. The van der Waals surface area contributed by atoms with Gasteiger partial charge < -0.3 is 14.7 Å². The smallest absolute Gasteiger partial charge is 0.414 e. The second-order valence-corrected chi connectivity index (χ2v) is 9.15.